The number of nitrogens with zero attached hydrogens (tertiary/aromatic N) is 1. The molecule has 88 valence electrons. The summed E-state index contributed by atoms with van der Waals surface area (Å²) in [5.41, 5.74) is 0. The van der Waals surface area contributed by atoms with Crippen LogP contribution in [-0.2, 0) is 9.59 Å². The number of ketones is 1. The van der Waals surface area contributed by atoms with Crippen molar-refractivity contribution in [1.82, 2.24) is 10.2 Å². The molecule has 0 fully saturated rings. The fourth-order valence-corrected chi connectivity index (χ4v) is 1.00. The molecule has 1 N–H and O–H groups in total. The zero-order valence-electron chi connectivity index (χ0n) is 10.2. The van der Waals surface area contributed by atoms with Crippen molar-refractivity contribution in [3.05, 3.63) is 0 Å². The molecule has 0 spiro atoms. The van der Waals surface area contributed by atoms with Gasteiger partial charge in [0.05, 0.1) is 0 Å². The number of amides is 1. The Labute approximate surface area is 92.0 Å². The van der Waals surface area contributed by atoms with Crippen LogP contribution in [0.15, 0.2) is 0 Å². The van der Waals surface area contributed by atoms with Gasteiger partial charge in [0.2, 0.25) is 5.91 Å². The molecule has 0 bridgehead atoms. The van der Waals surface area contributed by atoms with Gasteiger partial charge in [-0.25, -0.2) is 0 Å². The third kappa shape index (κ3) is 8.12. The number of hydrogen-bond donors (Lipinski definition) is 1. The third-order valence-electron chi connectivity index (χ3n) is 2.37. The van der Waals surface area contributed by atoms with Gasteiger partial charge in [0.25, 0.3) is 0 Å². The second kappa shape index (κ2) is 7.40. The molecule has 0 aromatic carbocycles. The summed E-state index contributed by atoms with van der Waals surface area (Å²) in [5, 5.41) is 2.72. The second-order valence-corrected chi connectivity index (χ2v) is 4.13. The van der Waals surface area contributed by atoms with Gasteiger partial charge in [-0.1, -0.05) is 0 Å². The molecule has 0 aliphatic rings. The van der Waals surface area contributed by atoms with E-state index >= 15 is 0 Å². The summed E-state index contributed by atoms with van der Waals surface area (Å²) >= 11 is 0. The van der Waals surface area contributed by atoms with Gasteiger partial charge >= 0.3 is 0 Å². The van der Waals surface area contributed by atoms with E-state index < -0.39 is 0 Å². The molecule has 0 aromatic rings. The Morgan fingerprint density at radius 1 is 1.27 bits per heavy atom. The van der Waals surface area contributed by atoms with Crippen LogP contribution in [0.1, 0.15) is 33.6 Å². The number of carbonyl (C=O) groups is 2. The van der Waals surface area contributed by atoms with E-state index in [1.165, 1.54) is 6.92 Å². The second-order valence-electron chi connectivity index (χ2n) is 4.13. The van der Waals surface area contributed by atoms with Crippen molar-refractivity contribution in [2.75, 3.05) is 20.1 Å². The normalized spacial score (nSPS) is 10.8. The van der Waals surface area contributed by atoms with Crippen molar-refractivity contribution in [1.29, 1.82) is 0 Å². The number of carbonyl (C=O) groups excluding carboxylic acids is 2. The van der Waals surface area contributed by atoms with E-state index in [2.05, 4.69) is 24.1 Å². The van der Waals surface area contributed by atoms with Crippen molar-refractivity contribution in [2.24, 2.45) is 0 Å². The molecule has 0 radical (unpaired) electrons. The first-order chi connectivity index (χ1) is 6.93. The summed E-state index contributed by atoms with van der Waals surface area (Å²) < 4.78 is 0. The van der Waals surface area contributed by atoms with Crippen molar-refractivity contribution in [2.45, 2.75) is 39.7 Å². The Hall–Kier alpha value is -0.900. The third-order valence-corrected chi connectivity index (χ3v) is 2.37. The minimum absolute atomic E-state index is 0.0174. The first-order valence-corrected chi connectivity index (χ1v) is 5.40. The number of nitrogens with one attached hydrogen (secondary N) is 1. The molecule has 0 unspecified atom stereocenters. The van der Waals surface area contributed by atoms with Gasteiger partial charge in [-0.2, -0.15) is 0 Å². The summed E-state index contributed by atoms with van der Waals surface area (Å²) in [6.07, 6.45) is 0.915. The first kappa shape index (κ1) is 14.1. The van der Waals surface area contributed by atoms with Crippen LogP contribution >= 0.6 is 0 Å². The minimum Gasteiger partial charge on any atom is -0.356 e. The zero-order chi connectivity index (χ0) is 11.8. The Bertz CT molecular complexity index is 215. The molecule has 0 aromatic heterocycles. The Morgan fingerprint density at radius 3 is 2.33 bits per heavy atom. The van der Waals surface area contributed by atoms with E-state index in [4.69, 9.17) is 0 Å². The fourth-order valence-electron chi connectivity index (χ4n) is 1.00. The van der Waals surface area contributed by atoms with E-state index in [1.54, 1.807) is 0 Å². The number of hydrogen-bond acceptors (Lipinski definition) is 3. The molecule has 0 atom stereocenters. The van der Waals surface area contributed by atoms with Gasteiger partial charge in [0, 0.05) is 32.0 Å². The standard InChI is InChI=1S/C11H22N2O2/c1-9(2)13(4)8-6-11(15)12-7-5-10(3)14/h9H,5-8H2,1-4H3,(H,12,15). The quantitative estimate of drug-likeness (QED) is 0.682. The molecule has 4 heteroatoms. The summed E-state index contributed by atoms with van der Waals surface area (Å²) in [4.78, 5) is 24.0. The van der Waals surface area contributed by atoms with Gasteiger partial charge in [-0.15, -0.1) is 0 Å². The molecule has 15 heavy (non-hydrogen) atoms. The number of rotatable bonds is 7. The molecule has 0 heterocycles. The maximum Gasteiger partial charge on any atom is 0.221 e. The monoisotopic (exact) mass is 214 g/mol. The average Bonchev–Trinajstić information content (AvgIpc) is 2.13. The molecule has 0 saturated heterocycles. The number of Topliss-reactive ketones (excluding diaryl/α,β-unsaturated/α-hetero) is 1. The van der Waals surface area contributed by atoms with Gasteiger partial charge in [0.15, 0.2) is 0 Å². The minimum atomic E-state index is 0.0174. The lowest BCUT2D eigenvalue weighted by Crippen LogP contribution is -2.32. The van der Waals surface area contributed by atoms with E-state index in [-0.39, 0.29) is 11.7 Å². The lowest BCUT2D eigenvalue weighted by Gasteiger charge is -2.20. The molecular formula is C11H22N2O2. The molecule has 0 rings (SSSR count). The molecule has 0 aliphatic heterocycles. The van der Waals surface area contributed by atoms with Crippen LogP contribution in [0.25, 0.3) is 0 Å². The smallest absolute Gasteiger partial charge is 0.221 e. The van der Waals surface area contributed by atoms with Gasteiger partial charge in [-0.3, -0.25) is 9.59 Å². The van der Waals surface area contributed by atoms with Crippen LogP contribution in [-0.4, -0.2) is 42.8 Å². The maximum atomic E-state index is 11.3. The molecule has 1 amide bonds. The summed E-state index contributed by atoms with van der Waals surface area (Å²) in [5.74, 6) is 0.123. The van der Waals surface area contributed by atoms with Gasteiger partial charge < -0.3 is 10.2 Å². The van der Waals surface area contributed by atoms with Crippen LogP contribution in [0, 0.1) is 0 Å². The predicted octanol–water partition coefficient (Wildman–Crippen LogP) is 0.812. The highest BCUT2D eigenvalue weighted by atomic mass is 16.1. The van der Waals surface area contributed by atoms with Crippen LogP contribution < -0.4 is 5.32 Å². The van der Waals surface area contributed by atoms with Gasteiger partial charge in [-0.05, 0) is 27.8 Å². The predicted molar refractivity (Wildman–Crippen MR) is 60.7 cm³/mol. The largest absolute Gasteiger partial charge is 0.356 e. The fraction of sp³-hybridized carbons (Fsp3) is 0.818. The van der Waals surface area contributed by atoms with E-state index in [9.17, 15) is 9.59 Å². The highest BCUT2D eigenvalue weighted by molar-refractivity contribution is 5.78. The molecule has 0 saturated carbocycles. The zero-order valence-corrected chi connectivity index (χ0v) is 10.2. The summed E-state index contributed by atoms with van der Waals surface area (Å²) in [6.45, 7) is 6.92. The van der Waals surface area contributed by atoms with E-state index in [0.29, 0.717) is 25.4 Å². The topological polar surface area (TPSA) is 49.4 Å². The Morgan fingerprint density at radius 2 is 1.87 bits per heavy atom. The van der Waals surface area contributed by atoms with Crippen molar-refractivity contribution >= 4 is 11.7 Å². The highest BCUT2D eigenvalue weighted by Gasteiger charge is 2.06. The van der Waals surface area contributed by atoms with Crippen LogP contribution in [0.3, 0.4) is 0 Å². The Kier molecular flexibility index (Phi) is 6.96. The van der Waals surface area contributed by atoms with Crippen LogP contribution in [0.5, 0.6) is 0 Å². The van der Waals surface area contributed by atoms with Crippen molar-refractivity contribution < 1.29 is 9.59 Å². The maximum absolute atomic E-state index is 11.3. The van der Waals surface area contributed by atoms with Crippen LogP contribution in [0.2, 0.25) is 0 Å². The van der Waals surface area contributed by atoms with E-state index in [1.807, 2.05) is 7.05 Å². The first-order valence-electron chi connectivity index (χ1n) is 5.40. The molecule has 4 nitrogen and oxygen atoms in total. The van der Waals surface area contributed by atoms with Gasteiger partial charge in [0.1, 0.15) is 5.78 Å². The van der Waals surface area contributed by atoms with E-state index in [0.717, 1.165) is 6.54 Å². The van der Waals surface area contributed by atoms with Crippen molar-refractivity contribution in [3.63, 3.8) is 0 Å². The molecular weight excluding hydrogens is 192 g/mol. The van der Waals surface area contributed by atoms with Crippen LogP contribution in [0.4, 0.5) is 0 Å². The lowest BCUT2D eigenvalue weighted by atomic mass is 10.3. The average molecular weight is 214 g/mol. The molecule has 0 aliphatic carbocycles. The SMILES string of the molecule is CC(=O)CCNC(=O)CCN(C)C(C)C. The van der Waals surface area contributed by atoms with Crippen molar-refractivity contribution in [3.8, 4) is 0 Å². The summed E-state index contributed by atoms with van der Waals surface area (Å²) in [7, 11) is 1.99. The Balaban J connectivity index is 3.53. The summed E-state index contributed by atoms with van der Waals surface area (Å²) in [6, 6.07) is 0.454. The highest BCUT2D eigenvalue weighted by Crippen LogP contribution is 1.94. The lowest BCUT2D eigenvalue weighted by molar-refractivity contribution is -0.121.